The molecule has 0 radical (unpaired) electrons. The quantitative estimate of drug-likeness (QED) is 0.869. The normalized spacial score (nSPS) is 10.2. The van der Waals surface area contributed by atoms with Crippen molar-refractivity contribution in [2.45, 2.75) is 13.5 Å². The molecular formula is C14H13BrN2OS. The summed E-state index contributed by atoms with van der Waals surface area (Å²) >= 11 is 8.39. The van der Waals surface area contributed by atoms with Gasteiger partial charge >= 0.3 is 0 Å². The molecule has 2 rings (SSSR count). The van der Waals surface area contributed by atoms with Crippen molar-refractivity contribution in [1.82, 2.24) is 4.98 Å². The highest BCUT2D eigenvalue weighted by molar-refractivity contribution is 9.10. The number of hydrogen-bond acceptors (Lipinski definition) is 3. The van der Waals surface area contributed by atoms with Crippen molar-refractivity contribution in [3.8, 4) is 5.88 Å². The third-order valence-corrected chi connectivity index (χ3v) is 3.30. The van der Waals surface area contributed by atoms with Gasteiger partial charge in [-0.05, 0) is 36.8 Å². The largest absolute Gasteiger partial charge is 0.472 e. The van der Waals surface area contributed by atoms with Gasteiger partial charge in [0.1, 0.15) is 11.6 Å². The second kappa shape index (κ2) is 6.12. The first-order valence-corrected chi connectivity index (χ1v) is 6.91. The zero-order valence-electron chi connectivity index (χ0n) is 10.4. The summed E-state index contributed by atoms with van der Waals surface area (Å²) in [5.41, 5.74) is 8.25. The van der Waals surface area contributed by atoms with Crippen LogP contribution in [-0.2, 0) is 6.61 Å². The van der Waals surface area contributed by atoms with E-state index in [9.17, 15) is 0 Å². The molecule has 0 saturated carbocycles. The standard InChI is InChI=1S/C14H13BrN2OS/c1-9-2-7-12(13(16)19)14(17-9)18-8-10-3-5-11(15)6-4-10/h2-7H,8H2,1H3,(H2,16,19). The van der Waals surface area contributed by atoms with Crippen molar-refractivity contribution in [2.75, 3.05) is 0 Å². The fourth-order valence-electron chi connectivity index (χ4n) is 1.56. The number of aromatic nitrogens is 1. The average molecular weight is 337 g/mol. The van der Waals surface area contributed by atoms with E-state index in [1.54, 1.807) is 0 Å². The van der Waals surface area contributed by atoms with Gasteiger partial charge in [0, 0.05) is 10.2 Å². The Hall–Kier alpha value is -1.46. The smallest absolute Gasteiger partial charge is 0.224 e. The van der Waals surface area contributed by atoms with E-state index >= 15 is 0 Å². The van der Waals surface area contributed by atoms with Crippen molar-refractivity contribution in [1.29, 1.82) is 0 Å². The van der Waals surface area contributed by atoms with Crippen LogP contribution in [0.2, 0.25) is 0 Å². The number of pyridine rings is 1. The van der Waals surface area contributed by atoms with Crippen LogP contribution in [0.15, 0.2) is 40.9 Å². The predicted octanol–water partition coefficient (Wildman–Crippen LogP) is 3.37. The minimum absolute atomic E-state index is 0.290. The van der Waals surface area contributed by atoms with Crippen LogP contribution in [0, 0.1) is 6.92 Å². The highest BCUT2D eigenvalue weighted by atomic mass is 79.9. The average Bonchev–Trinajstić information content (AvgIpc) is 2.38. The van der Waals surface area contributed by atoms with Crippen molar-refractivity contribution in [3.05, 3.63) is 57.7 Å². The van der Waals surface area contributed by atoms with E-state index in [-0.39, 0.29) is 0 Å². The molecule has 1 aromatic heterocycles. The van der Waals surface area contributed by atoms with Crippen LogP contribution < -0.4 is 10.5 Å². The molecule has 0 bridgehead atoms. The number of benzene rings is 1. The minimum Gasteiger partial charge on any atom is -0.472 e. The summed E-state index contributed by atoms with van der Waals surface area (Å²) < 4.78 is 6.75. The molecule has 98 valence electrons. The summed E-state index contributed by atoms with van der Waals surface area (Å²) in [7, 11) is 0. The van der Waals surface area contributed by atoms with E-state index in [0.29, 0.717) is 23.0 Å². The van der Waals surface area contributed by atoms with Gasteiger partial charge in [-0.25, -0.2) is 4.98 Å². The summed E-state index contributed by atoms with van der Waals surface area (Å²) in [6.45, 7) is 2.33. The van der Waals surface area contributed by atoms with E-state index in [2.05, 4.69) is 20.9 Å². The molecule has 0 unspecified atom stereocenters. The molecule has 1 aromatic carbocycles. The second-order valence-corrected chi connectivity index (χ2v) is 5.44. The first-order valence-electron chi connectivity index (χ1n) is 5.71. The van der Waals surface area contributed by atoms with Gasteiger partial charge in [-0.3, -0.25) is 0 Å². The molecule has 1 heterocycles. The van der Waals surface area contributed by atoms with Crippen molar-refractivity contribution in [2.24, 2.45) is 5.73 Å². The molecule has 19 heavy (non-hydrogen) atoms. The number of hydrogen-bond donors (Lipinski definition) is 1. The van der Waals surface area contributed by atoms with Crippen molar-refractivity contribution < 1.29 is 4.74 Å². The molecule has 5 heteroatoms. The van der Waals surface area contributed by atoms with Gasteiger partial charge in [-0.2, -0.15) is 0 Å². The van der Waals surface area contributed by atoms with E-state index in [4.69, 9.17) is 22.7 Å². The number of nitrogens with zero attached hydrogens (tertiary/aromatic N) is 1. The molecule has 2 aromatic rings. The van der Waals surface area contributed by atoms with Gasteiger partial charge < -0.3 is 10.5 Å². The Labute approximate surface area is 125 Å². The first-order chi connectivity index (χ1) is 9.06. The van der Waals surface area contributed by atoms with Crippen molar-refractivity contribution >= 4 is 33.1 Å². The Morgan fingerprint density at radius 3 is 2.58 bits per heavy atom. The van der Waals surface area contributed by atoms with Gasteiger partial charge in [-0.15, -0.1) is 0 Å². The lowest BCUT2D eigenvalue weighted by Gasteiger charge is -2.10. The van der Waals surface area contributed by atoms with Crippen LogP contribution in [0.3, 0.4) is 0 Å². The molecule has 2 N–H and O–H groups in total. The van der Waals surface area contributed by atoms with E-state index < -0.39 is 0 Å². The molecule has 0 aliphatic heterocycles. The molecule has 0 atom stereocenters. The van der Waals surface area contributed by atoms with Crippen LogP contribution >= 0.6 is 28.1 Å². The fourth-order valence-corrected chi connectivity index (χ4v) is 1.98. The Bertz CT molecular complexity index is 599. The van der Waals surface area contributed by atoms with Gasteiger partial charge in [-0.1, -0.05) is 40.3 Å². The molecule has 3 nitrogen and oxygen atoms in total. The third kappa shape index (κ3) is 3.75. The topological polar surface area (TPSA) is 48.1 Å². The molecule has 0 spiro atoms. The maximum Gasteiger partial charge on any atom is 0.224 e. The van der Waals surface area contributed by atoms with E-state index in [1.165, 1.54) is 0 Å². The second-order valence-electron chi connectivity index (χ2n) is 4.08. The van der Waals surface area contributed by atoms with Gasteiger partial charge in [0.25, 0.3) is 0 Å². The van der Waals surface area contributed by atoms with E-state index in [1.807, 2.05) is 43.3 Å². The van der Waals surface area contributed by atoms with Crippen LogP contribution in [0.4, 0.5) is 0 Å². The van der Waals surface area contributed by atoms with Crippen molar-refractivity contribution in [3.63, 3.8) is 0 Å². The summed E-state index contributed by atoms with van der Waals surface area (Å²) in [5.74, 6) is 0.482. The van der Waals surface area contributed by atoms with Crippen LogP contribution in [0.1, 0.15) is 16.8 Å². The minimum atomic E-state index is 0.290. The SMILES string of the molecule is Cc1ccc(C(N)=S)c(OCc2ccc(Br)cc2)n1. The lowest BCUT2D eigenvalue weighted by atomic mass is 10.2. The zero-order chi connectivity index (χ0) is 13.8. The lowest BCUT2D eigenvalue weighted by molar-refractivity contribution is 0.293. The monoisotopic (exact) mass is 336 g/mol. The lowest BCUT2D eigenvalue weighted by Crippen LogP contribution is -2.13. The van der Waals surface area contributed by atoms with E-state index in [0.717, 1.165) is 15.7 Å². The molecule has 0 aliphatic carbocycles. The number of aryl methyl sites for hydroxylation is 1. The zero-order valence-corrected chi connectivity index (χ0v) is 12.8. The highest BCUT2D eigenvalue weighted by Gasteiger charge is 2.08. The maximum atomic E-state index is 5.71. The van der Waals surface area contributed by atoms with Gasteiger partial charge in [0.15, 0.2) is 0 Å². The third-order valence-electron chi connectivity index (χ3n) is 2.55. The van der Waals surface area contributed by atoms with Crippen LogP contribution in [0.25, 0.3) is 0 Å². The van der Waals surface area contributed by atoms with Crippen LogP contribution in [-0.4, -0.2) is 9.97 Å². The summed E-state index contributed by atoms with van der Waals surface area (Å²) in [6, 6.07) is 11.6. The molecule has 0 aliphatic rings. The number of thiocarbonyl (C=S) groups is 1. The Morgan fingerprint density at radius 1 is 1.26 bits per heavy atom. The summed E-state index contributed by atoms with van der Waals surface area (Å²) in [4.78, 5) is 4.62. The van der Waals surface area contributed by atoms with Crippen LogP contribution in [0.5, 0.6) is 5.88 Å². The Morgan fingerprint density at radius 2 is 1.95 bits per heavy atom. The molecule has 0 amide bonds. The molecule has 0 fully saturated rings. The highest BCUT2D eigenvalue weighted by Crippen LogP contribution is 2.18. The summed E-state index contributed by atoms with van der Waals surface area (Å²) in [6.07, 6.45) is 0. The molecular weight excluding hydrogens is 324 g/mol. The first kappa shape index (κ1) is 14.0. The van der Waals surface area contributed by atoms with Gasteiger partial charge in [0.2, 0.25) is 5.88 Å². The predicted molar refractivity (Wildman–Crippen MR) is 83.3 cm³/mol. The number of ether oxygens (including phenoxy) is 1. The van der Waals surface area contributed by atoms with Gasteiger partial charge in [0.05, 0.1) is 5.56 Å². The number of nitrogens with two attached hydrogens (primary N) is 1. The number of rotatable bonds is 4. The fraction of sp³-hybridized carbons (Fsp3) is 0.143. The number of halogens is 1. The Balaban J connectivity index is 2.16. The maximum absolute atomic E-state index is 5.71. The Kier molecular flexibility index (Phi) is 4.50. The summed E-state index contributed by atoms with van der Waals surface area (Å²) in [5, 5.41) is 0. The molecule has 0 saturated heterocycles.